The number of amides is 1. The van der Waals surface area contributed by atoms with Crippen molar-refractivity contribution in [3.8, 4) is 0 Å². The van der Waals surface area contributed by atoms with Gasteiger partial charge in [0.2, 0.25) is 5.91 Å². The molecule has 0 atom stereocenters. The molecule has 0 aromatic rings. The zero-order chi connectivity index (χ0) is 12.3. The predicted molar refractivity (Wildman–Crippen MR) is 52.2 cm³/mol. The van der Waals surface area contributed by atoms with Crippen LogP contribution in [0.2, 0.25) is 0 Å². The fraction of sp³-hybridized carbons (Fsp3) is 0.800. The second kappa shape index (κ2) is 4.76. The van der Waals surface area contributed by atoms with Crippen LogP contribution >= 0.6 is 0 Å². The first-order valence-corrected chi connectivity index (χ1v) is 5.18. The highest BCUT2D eigenvalue weighted by atomic mass is 19.3. The molecule has 1 heterocycles. The van der Waals surface area contributed by atoms with Crippen LogP contribution in [0.15, 0.2) is 0 Å². The minimum atomic E-state index is -3.17. The second-order valence-electron chi connectivity index (χ2n) is 4.11. The zero-order valence-electron chi connectivity index (χ0n) is 9.08. The Morgan fingerprint density at radius 1 is 1.38 bits per heavy atom. The molecule has 0 aromatic carbocycles. The van der Waals surface area contributed by atoms with Crippen molar-refractivity contribution in [1.29, 1.82) is 0 Å². The maximum Gasteiger partial charge on any atom is 0.309 e. The smallest absolute Gasteiger partial charge is 0.309 e. The van der Waals surface area contributed by atoms with Crippen LogP contribution in [-0.2, 0) is 9.59 Å². The van der Waals surface area contributed by atoms with Gasteiger partial charge in [0, 0.05) is 25.9 Å². The Kier molecular flexibility index (Phi) is 3.83. The van der Waals surface area contributed by atoms with Crippen LogP contribution in [0.25, 0.3) is 0 Å². The van der Waals surface area contributed by atoms with E-state index in [9.17, 15) is 18.4 Å². The zero-order valence-corrected chi connectivity index (χ0v) is 9.08. The number of carboxylic acids is 1. The van der Waals surface area contributed by atoms with Gasteiger partial charge in [0.25, 0.3) is 5.92 Å². The Balaban J connectivity index is 2.52. The lowest BCUT2D eigenvalue weighted by Gasteiger charge is -2.34. The molecule has 92 valence electrons. The number of hydrogen-bond donors (Lipinski definition) is 1. The molecule has 1 fully saturated rings. The molecule has 6 heteroatoms. The summed E-state index contributed by atoms with van der Waals surface area (Å²) in [5.74, 6) is -5.72. The minimum Gasteiger partial charge on any atom is -0.481 e. The molecule has 0 aromatic heterocycles. The molecule has 1 aliphatic rings. The van der Waals surface area contributed by atoms with Crippen LogP contribution < -0.4 is 0 Å². The lowest BCUT2D eigenvalue weighted by atomic mass is 9.88. The van der Waals surface area contributed by atoms with Crippen LogP contribution in [0.3, 0.4) is 0 Å². The standard InChI is InChI=1S/C10H15F2NO3/c1-7(14)13-4-2-8(3-5-13)10(11,12)6-9(15)16/h8H,2-6H2,1H3,(H,15,16). The number of nitrogens with zero attached hydrogens (tertiary/aromatic N) is 1. The first-order chi connectivity index (χ1) is 7.33. The lowest BCUT2D eigenvalue weighted by molar-refractivity contribution is -0.153. The lowest BCUT2D eigenvalue weighted by Crippen LogP contribution is -2.43. The van der Waals surface area contributed by atoms with Crippen molar-refractivity contribution in [3.05, 3.63) is 0 Å². The summed E-state index contributed by atoms with van der Waals surface area (Å²) in [4.78, 5) is 22.8. The number of likely N-dealkylation sites (tertiary alicyclic amines) is 1. The number of alkyl halides is 2. The van der Waals surface area contributed by atoms with Gasteiger partial charge in [-0.2, -0.15) is 0 Å². The maximum atomic E-state index is 13.4. The van der Waals surface area contributed by atoms with Crippen molar-refractivity contribution in [2.45, 2.75) is 32.1 Å². The number of carbonyl (C=O) groups excluding carboxylic acids is 1. The summed E-state index contributed by atoms with van der Waals surface area (Å²) in [7, 11) is 0. The molecule has 1 saturated heterocycles. The van der Waals surface area contributed by atoms with E-state index in [1.54, 1.807) is 0 Å². The van der Waals surface area contributed by atoms with E-state index in [2.05, 4.69) is 0 Å². The van der Waals surface area contributed by atoms with Crippen LogP contribution in [0.1, 0.15) is 26.2 Å². The molecule has 1 N–H and O–H groups in total. The monoisotopic (exact) mass is 235 g/mol. The van der Waals surface area contributed by atoms with Gasteiger partial charge in [-0.15, -0.1) is 0 Å². The molecule has 1 aliphatic heterocycles. The van der Waals surface area contributed by atoms with E-state index in [0.29, 0.717) is 0 Å². The van der Waals surface area contributed by atoms with Crippen LogP contribution in [-0.4, -0.2) is 40.9 Å². The number of aliphatic carboxylic acids is 1. The van der Waals surface area contributed by atoms with Gasteiger partial charge >= 0.3 is 5.97 Å². The number of carbonyl (C=O) groups is 2. The quantitative estimate of drug-likeness (QED) is 0.803. The molecule has 0 radical (unpaired) electrons. The molecule has 0 spiro atoms. The Bertz CT molecular complexity index is 286. The maximum absolute atomic E-state index is 13.4. The third kappa shape index (κ3) is 3.15. The van der Waals surface area contributed by atoms with Gasteiger partial charge in [-0.25, -0.2) is 8.78 Å². The summed E-state index contributed by atoms with van der Waals surface area (Å²) in [5, 5.41) is 8.38. The Morgan fingerprint density at radius 3 is 2.25 bits per heavy atom. The van der Waals surface area contributed by atoms with Crippen molar-refractivity contribution in [1.82, 2.24) is 4.90 Å². The average Bonchev–Trinajstić information content (AvgIpc) is 2.16. The van der Waals surface area contributed by atoms with Gasteiger partial charge in [-0.05, 0) is 12.8 Å². The summed E-state index contributed by atoms with van der Waals surface area (Å²) in [6.07, 6.45) is -0.794. The normalized spacial score (nSPS) is 18.6. The first-order valence-electron chi connectivity index (χ1n) is 5.18. The van der Waals surface area contributed by atoms with Gasteiger partial charge in [0.15, 0.2) is 0 Å². The number of hydrogen-bond acceptors (Lipinski definition) is 2. The molecule has 1 amide bonds. The Morgan fingerprint density at radius 2 is 1.88 bits per heavy atom. The molecule has 0 bridgehead atoms. The predicted octanol–water partition coefficient (Wildman–Crippen LogP) is 1.35. The topological polar surface area (TPSA) is 57.6 Å². The van der Waals surface area contributed by atoms with Gasteiger partial charge in [-0.3, -0.25) is 9.59 Å². The van der Waals surface area contributed by atoms with Crippen molar-refractivity contribution in [2.24, 2.45) is 5.92 Å². The molecule has 0 unspecified atom stereocenters. The Labute approximate surface area is 92.2 Å². The SMILES string of the molecule is CC(=O)N1CCC(C(F)(F)CC(=O)O)CC1. The largest absolute Gasteiger partial charge is 0.481 e. The summed E-state index contributed by atoms with van der Waals surface area (Å²) in [5.41, 5.74) is 0. The van der Waals surface area contributed by atoms with Crippen molar-refractivity contribution >= 4 is 11.9 Å². The fourth-order valence-electron chi connectivity index (χ4n) is 1.96. The van der Waals surface area contributed by atoms with Crippen molar-refractivity contribution < 1.29 is 23.5 Å². The molecular formula is C10H15F2NO3. The Hall–Kier alpha value is -1.20. The molecular weight excluding hydrogens is 220 g/mol. The summed E-state index contributed by atoms with van der Waals surface area (Å²) in [6.45, 7) is 1.97. The number of halogens is 2. The highest BCUT2D eigenvalue weighted by molar-refractivity contribution is 5.73. The van der Waals surface area contributed by atoms with E-state index >= 15 is 0 Å². The number of piperidine rings is 1. The van der Waals surface area contributed by atoms with Gasteiger partial charge in [-0.1, -0.05) is 0 Å². The highest BCUT2D eigenvalue weighted by Gasteiger charge is 2.43. The second-order valence-corrected chi connectivity index (χ2v) is 4.11. The van der Waals surface area contributed by atoms with Gasteiger partial charge < -0.3 is 10.0 Å². The van der Waals surface area contributed by atoms with Gasteiger partial charge in [0.1, 0.15) is 6.42 Å². The molecule has 4 nitrogen and oxygen atoms in total. The van der Waals surface area contributed by atoms with Crippen molar-refractivity contribution in [2.75, 3.05) is 13.1 Å². The van der Waals surface area contributed by atoms with Crippen LogP contribution in [0.4, 0.5) is 8.78 Å². The van der Waals surface area contributed by atoms with E-state index in [1.165, 1.54) is 11.8 Å². The highest BCUT2D eigenvalue weighted by Crippen LogP contribution is 2.35. The summed E-state index contributed by atoms with van der Waals surface area (Å²) < 4.78 is 26.8. The number of carboxylic acid groups (broad SMARTS) is 1. The summed E-state index contributed by atoms with van der Waals surface area (Å²) in [6, 6.07) is 0. The minimum absolute atomic E-state index is 0.125. The van der Waals surface area contributed by atoms with Crippen LogP contribution in [0, 0.1) is 5.92 Å². The van der Waals surface area contributed by atoms with E-state index in [4.69, 9.17) is 5.11 Å². The average molecular weight is 235 g/mol. The third-order valence-corrected chi connectivity index (χ3v) is 2.92. The molecule has 0 saturated carbocycles. The van der Waals surface area contributed by atoms with Crippen LogP contribution in [0.5, 0.6) is 0 Å². The van der Waals surface area contributed by atoms with E-state index in [0.717, 1.165) is 0 Å². The molecule has 1 rings (SSSR count). The fourth-order valence-corrected chi connectivity index (χ4v) is 1.96. The summed E-state index contributed by atoms with van der Waals surface area (Å²) >= 11 is 0. The van der Waals surface area contributed by atoms with Gasteiger partial charge in [0.05, 0.1) is 0 Å². The third-order valence-electron chi connectivity index (χ3n) is 2.92. The molecule has 16 heavy (non-hydrogen) atoms. The molecule has 0 aliphatic carbocycles. The first kappa shape index (κ1) is 12.9. The number of rotatable bonds is 3. The van der Waals surface area contributed by atoms with E-state index in [1.807, 2.05) is 0 Å². The van der Waals surface area contributed by atoms with Crippen molar-refractivity contribution in [3.63, 3.8) is 0 Å². The van der Waals surface area contributed by atoms with E-state index < -0.39 is 24.2 Å². The van der Waals surface area contributed by atoms with E-state index in [-0.39, 0.29) is 31.8 Å².